The molecule has 0 radical (unpaired) electrons. The molecule has 5 heteroatoms. The van der Waals surface area contributed by atoms with Crippen LogP contribution in [0, 0.1) is 0 Å². The molecule has 0 rings (SSSR count). The van der Waals surface area contributed by atoms with E-state index in [0.717, 1.165) is 0 Å². The fourth-order valence-corrected chi connectivity index (χ4v) is 1.71. The van der Waals surface area contributed by atoms with Crippen molar-refractivity contribution in [2.24, 2.45) is 0 Å². The lowest BCUT2D eigenvalue weighted by Gasteiger charge is -2.28. The quantitative estimate of drug-likeness (QED) is 0.731. The van der Waals surface area contributed by atoms with Gasteiger partial charge in [-0.15, -0.1) is 0 Å². The molecule has 0 fully saturated rings. The summed E-state index contributed by atoms with van der Waals surface area (Å²) in [6.07, 6.45) is 1.58. The average molecular weight is 237 g/mol. The Balaban J connectivity index is 4.23. The van der Waals surface area contributed by atoms with Crippen molar-refractivity contribution in [1.29, 1.82) is 0 Å². The summed E-state index contributed by atoms with van der Waals surface area (Å²) >= 11 is 0. The molecule has 92 valence electrons. The molecule has 1 unspecified atom stereocenters. The van der Waals surface area contributed by atoms with Crippen LogP contribution in [0.1, 0.15) is 27.2 Å². The minimum atomic E-state index is -3.04. The van der Waals surface area contributed by atoms with Crippen LogP contribution < -0.4 is 0 Å². The minimum absolute atomic E-state index is 0.339. The van der Waals surface area contributed by atoms with E-state index >= 15 is 0 Å². The summed E-state index contributed by atoms with van der Waals surface area (Å²) in [7, 11) is -1.17. The van der Waals surface area contributed by atoms with Gasteiger partial charge in [0.05, 0.1) is 10.9 Å². The van der Waals surface area contributed by atoms with E-state index < -0.39 is 14.6 Å². The van der Waals surface area contributed by atoms with Crippen molar-refractivity contribution in [3.63, 3.8) is 0 Å². The van der Waals surface area contributed by atoms with Gasteiger partial charge >= 0.3 is 0 Å². The third-order valence-electron chi connectivity index (χ3n) is 2.58. The second-order valence-corrected chi connectivity index (χ2v) is 7.56. The Morgan fingerprint density at radius 1 is 1.40 bits per heavy atom. The number of hydrogen-bond donors (Lipinski definition) is 1. The highest BCUT2D eigenvalue weighted by molar-refractivity contribution is 7.92. The Hall–Kier alpha value is -0.130. The Kier molecular flexibility index (Phi) is 5.23. The van der Waals surface area contributed by atoms with Crippen LogP contribution in [-0.4, -0.2) is 55.7 Å². The molecule has 0 saturated carbocycles. The number of nitrogens with zero attached hydrogens (tertiary/aromatic N) is 1. The van der Waals surface area contributed by atoms with Gasteiger partial charge in [0.1, 0.15) is 0 Å². The second-order valence-electron chi connectivity index (χ2n) is 4.91. The van der Waals surface area contributed by atoms with Gasteiger partial charge in [-0.25, -0.2) is 8.42 Å². The van der Waals surface area contributed by atoms with Gasteiger partial charge in [-0.2, -0.15) is 0 Å². The van der Waals surface area contributed by atoms with Gasteiger partial charge in [0, 0.05) is 19.3 Å². The van der Waals surface area contributed by atoms with Crippen LogP contribution in [0.3, 0.4) is 0 Å². The maximum absolute atomic E-state index is 11.5. The maximum atomic E-state index is 11.5. The maximum Gasteiger partial charge on any atom is 0.153 e. The van der Waals surface area contributed by atoms with E-state index in [0.29, 0.717) is 19.5 Å². The van der Waals surface area contributed by atoms with E-state index in [1.54, 1.807) is 20.8 Å². The largest absolute Gasteiger partial charge is 0.393 e. The van der Waals surface area contributed by atoms with E-state index in [9.17, 15) is 8.42 Å². The molecule has 4 nitrogen and oxygen atoms in total. The standard InChI is InChI=1S/C10H23NO3S/c1-9(12)6-7-11(4)8-10(2,3)15(5,13)14/h9,12H,6-8H2,1-5H3. The summed E-state index contributed by atoms with van der Waals surface area (Å²) in [4.78, 5) is 1.94. The average Bonchev–Trinajstić information content (AvgIpc) is 1.97. The SMILES string of the molecule is CC(O)CCN(C)CC(C)(C)S(C)(=O)=O. The van der Waals surface area contributed by atoms with Gasteiger partial charge in [-0.1, -0.05) is 0 Å². The number of sulfone groups is 1. The van der Waals surface area contributed by atoms with Gasteiger partial charge < -0.3 is 10.0 Å². The molecule has 0 spiro atoms. The van der Waals surface area contributed by atoms with Crippen molar-refractivity contribution in [3.05, 3.63) is 0 Å². The molecule has 0 bridgehead atoms. The van der Waals surface area contributed by atoms with E-state index in [-0.39, 0.29) is 6.10 Å². The highest BCUT2D eigenvalue weighted by atomic mass is 32.2. The van der Waals surface area contributed by atoms with Crippen molar-refractivity contribution in [2.45, 2.75) is 38.0 Å². The molecule has 0 aromatic rings. The lowest BCUT2D eigenvalue weighted by molar-refractivity contribution is 0.162. The van der Waals surface area contributed by atoms with Gasteiger partial charge in [0.15, 0.2) is 9.84 Å². The van der Waals surface area contributed by atoms with E-state index in [2.05, 4.69) is 0 Å². The number of rotatable bonds is 6. The molecule has 0 heterocycles. The molecule has 0 aliphatic heterocycles. The van der Waals surface area contributed by atoms with Crippen LogP contribution >= 0.6 is 0 Å². The Morgan fingerprint density at radius 2 is 1.87 bits per heavy atom. The fraction of sp³-hybridized carbons (Fsp3) is 1.00. The predicted molar refractivity (Wildman–Crippen MR) is 62.7 cm³/mol. The minimum Gasteiger partial charge on any atom is -0.393 e. The molecular formula is C10H23NO3S. The zero-order chi connectivity index (χ0) is 12.3. The van der Waals surface area contributed by atoms with Crippen molar-refractivity contribution in [3.8, 4) is 0 Å². The summed E-state index contributed by atoms with van der Waals surface area (Å²) in [5, 5.41) is 9.11. The monoisotopic (exact) mass is 237 g/mol. The highest BCUT2D eigenvalue weighted by Crippen LogP contribution is 2.16. The van der Waals surface area contributed by atoms with Crippen molar-refractivity contribution in [1.82, 2.24) is 4.90 Å². The van der Waals surface area contributed by atoms with Crippen molar-refractivity contribution < 1.29 is 13.5 Å². The first-order valence-corrected chi connectivity index (χ1v) is 7.01. The summed E-state index contributed by atoms with van der Waals surface area (Å²) in [5.74, 6) is 0. The topological polar surface area (TPSA) is 57.6 Å². The second kappa shape index (κ2) is 5.27. The summed E-state index contributed by atoms with van der Waals surface area (Å²) in [5.41, 5.74) is 0. The molecule has 0 aliphatic carbocycles. The zero-order valence-electron chi connectivity index (χ0n) is 10.3. The highest BCUT2D eigenvalue weighted by Gasteiger charge is 2.31. The first-order valence-electron chi connectivity index (χ1n) is 5.12. The predicted octanol–water partition coefficient (Wildman–Crippen LogP) is 0.512. The molecule has 1 atom stereocenters. The van der Waals surface area contributed by atoms with E-state index in [1.807, 2.05) is 11.9 Å². The Morgan fingerprint density at radius 3 is 2.20 bits per heavy atom. The fourth-order valence-electron chi connectivity index (χ4n) is 1.25. The molecule has 0 aromatic carbocycles. The van der Waals surface area contributed by atoms with Crippen LogP contribution in [0.5, 0.6) is 0 Å². The summed E-state index contributed by atoms with van der Waals surface area (Å²) in [6.45, 7) is 6.37. The lowest BCUT2D eigenvalue weighted by Crippen LogP contribution is -2.43. The summed E-state index contributed by atoms with van der Waals surface area (Å²) < 4.78 is 22.2. The molecule has 0 saturated heterocycles. The van der Waals surface area contributed by atoms with Crippen molar-refractivity contribution in [2.75, 3.05) is 26.4 Å². The number of aliphatic hydroxyl groups is 1. The first-order chi connectivity index (χ1) is 6.56. The van der Waals surface area contributed by atoms with Gasteiger partial charge in [0.25, 0.3) is 0 Å². The third kappa shape index (κ3) is 5.49. The Labute approximate surface area is 93.2 Å². The molecule has 1 N–H and O–H groups in total. The van der Waals surface area contributed by atoms with E-state index in [1.165, 1.54) is 6.26 Å². The van der Waals surface area contributed by atoms with Crippen LogP contribution in [0.25, 0.3) is 0 Å². The van der Waals surface area contributed by atoms with Gasteiger partial charge in [-0.05, 0) is 34.2 Å². The molecule has 15 heavy (non-hydrogen) atoms. The van der Waals surface area contributed by atoms with Gasteiger partial charge in [0.2, 0.25) is 0 Å². The lowest BCUT2D eigenvalue weighted by atomic mass is 10.2. The third-order valence-corrected chi connectivity index (χ3v) is 4.72. The summed E-state index contributed by atoms with van der Waals surface area (Å²) in [6, 6.07) is 0. The normalized spacial score (nSPS) is 15.7. The Bertz CT molecular complexity index is 283. The van der Waals surface area contributed by atoms with E-state index in [4.69, 9.17) is 5.11 Å². The number of aliphatic hydroxyl groups excluding tert-OH is 1. The number of hydrogen-bond acceptors (Lipinski definition) is 4. The van der Waals surface area contributed by atoms with Crippen LogP contribution in [0.4, 0.5) is 0 Å². The molecule has 0 aliphatic rings. The molecule has 0 aromatic heterocycles. The van der Waals surface area contributed by atoms with Crippen LogP contribution in [0.2, 0.25) is 0 Å². The van der Waals surface area contributed by atoms with Crippen LogP contribution in [0.15, 0.2) is 0 Å². The zero-order valence-corrected chi connectivity index (χ0v) is 11.1. The first kappa shape index (κ1) is 14.9. The van der Waals surface area contributed by atoms with Gasteiger partial charge in [-0.3, -0.25) is 0 Å². The van der Waals surface area contributed by atoms with Crippen molar-refractivity contribution >= 4 is 9.84 Å². The van der Waals surface area contributed by atoms with Crippen LogP contribution in [-0.2, 0) is 9.84 Å². The molecule has 0 amide bonds. The smallest absolute Gasteiger partial charge is 0.153 e. The molecular weight excluding hydrogens is 214 g/mol.